The van der Waals surface area contributed by atoms with Gasteiger partial charge in [0.15, 0.2) is 0 Å². The van der Waals surface area contributed by atoms with Gasteiger partial charge in [0.05, 0.1) is 34.3 Å². The number of benzene rings is 1. The third kappa shape index (κ3) is 2.77. The molecule has 2 aromatic heterocycles. The zero-order chi connectivity index (χ0) is 15.0. The van der Waals surface area contributed by atoms with Gasteiger partial charge in [-0.25, -0.2) is 9.78 Å². The van der Waals surface area contributed by atoms with Gasteiger partial charge in [-0.05, 0) is 12.1 Å². The highest BCUT2D eigenvalue weighted by atomic mass is 79.9. The number of aromatic nitrogens is 3. The number of halogens is 1. The maximum absolute atomic E-state index is 12.6. The number of nitrogens with one attached hydrogen (secondary N) is 2. The molecule has 0 atom stereocenters. The van der Waals surface area contributed by atoms with Crippen LogP contribution in [0.5, 0.6) is 0 Å². The molecule has 2 heterocycles. The summed E-state index contributed by atoms with van der Waals surface area (Å²) in [6, 6.07) is 3.45. The molecule has 0 aliphatic heterocycles. The van der Waals surface area contributed by atoms with Crippen LogP contribution < -0.4 is 5.69 Å². The van der Waals surface area contributed by atoms with Gasteiger partial charge in [0, 0.05) is 16.9 Å². The first-order chi connectivity index (χ1) is 10.0. The third-order valence-corrected chi connectivity index (χ3v) is 4.14. The number of nitrogens with zero attached hydrogens (tertiary/aromatic N) is 2. The first-order valence-corrected chi connectivity index (χ1v) is 7.82. The minimum atomic E-state index is -0.334. The molecule has 108 valence electrons. The van der Waals surface area contributed by atoms with Crippen molar-refractivity contribution >= 4 is 44.2 Å². The minimum Gasteiger partial charge on any atom is -0.336 e. The quantitative estimate of drug-likeness (QED) is 0.746. The second kappa shape index (κ2) is 5.45. The zero-order valence-electron chi connectivity index (χ0n) is 11.0. The van der Waals surface area contributed by atoms with Crippen LogP contribution in [-0.2, 0) is 6.54 Å². The predicted molar refractivity (Wildman–Crippen MR) is 84.5 cm³/mol. The number of thiazole rings is 1. The maximum atomic E-state index is 12.6. The van der Waals surface area contributed by atoms with Crippen molar-refractivity contribution in [1.82, 2.24) is 19.9 Å². The highest BCUT2D eigenvalue weighted by Gasteiger charge is 2.18. The topological polar surface area (TPSA) is 81.8 Å². The van der Waals surface area contributed by atoms with Gasteiger partial charge in [0.1, 0.15) is 0 Å². The lowest BCUT2D eigenvalue weighted by Crippen LogP contribution is -2.26. The molecule has 0 saturated carbocycles. The van der Waals surface area contributed by atoms with E-state index in [0.29, 0.717) is 23.1 Å². The molecule has 0 radical (unpaired) electrons. The fourth-order valence-corrected chi connectivity index (χ4v) is 3.12. The van der Waals surface area contributed by atoms with E-state index in [1.54, 1.807) is 29.6 Å². The summed E-state index contributed by atoms with van der Waals surface area (Å²) in [5, 5.41) is 1.90. The monoisotopic (exact) mass is 366 g/mol. The van der Waals surface area contributed by atoms with Gasteiger partial charge in [0.2, 0.25) is 0 Å². The smallest absolute Gasteiger partial charge is 0.323 e. The van der Waals surface area contributed by atoms with E-state index in [1.807, 2.05) is 5.38 Å². The Kier molecular flexibility index (Phi) is 3.64. The summed E-state index contributed by atoms with van der Waals surface area (Å²) in [4.78, 5) is 35.1. The predicted octanol–water partition coefficient (Wildman–Crippen LogP) is 2.35. The number of hydrogen-bond donors (Lipinski definition) is 2. The van der Waals surface area contributed by atoms with Gasteiger partial charge in [-0.2, -0.15) is 0 Å². The second-order valence-corrected chi connectivity index (χ2v) is 6.23. The first-order valence-electron chi connectivity index (χ1n) is 6.08. The Labute approximate surface area is 132 Å². The van der Waals surface area contributed by atoms with E-state index in [1.165, 1.54) is 11.3 Å². The first kappa shape index (κ1) is 14.0. The average molecular weight is 367 g/mol. The minimum absolute atomic E-state index is 0.176. The Hall–Kier alpha value is -1.93. The number of aromatic amines is 2. The SMILES string of the molecule is CN(Cc1cscn1)C(=O)c1cc(Br)cc2[nH]c(=O)[nH]c12. The van der Waals surface area contributed by atoms with Crippen LogP contribution in [0, 0.1) is 0 Å². The van der Waals surface area contributed by atoms with Crippen molar-refractivity contribution in [2.45, 2.75) is 6.54 Å². The van der Waals surface area contributed by atoms with Crippen LogP contribution in [0.25, 0.3) is 11.0 Å². The summed E-state index contributed by atoms with van der Waals surface area (Å²) in [6.45, 7) is 0.422. The Bertz CT molecular complexity index is 853. The second-order valence-electron chi connectivity index (χ2n) is 4.60. The van der Waals surface area contributed by atoms with E-state index in [-0.39, 0.29) is 11.6 Å². The fourth-order valence-electron chi connectivity index (χ4n) is 2.11. The van der Waals surface area contributed by atoms with Gasteiger partial charge in [-0.1, -0.05) is 15.9 Å². The van der Waals surface area contributed by atoms with Crippen LogP contribution in [0.4, 0.5) is 0 Å². The van der Waals surface area contributed by atoms with E-state index >= 15 is 0 Å². The molecule has 0 unspecified atom stereocenters. The molecule has 0 spiro atoms. The van der Waals surface area contributed by atoms with Crippen LogP contribution in [0.1, 0.15) is 16.1 Å². The van der Waals surface area contributed by atoms with Crippen LogP contribution >= 0.6 is 27.3 Å². The molecule has 0 fully saturated rings. The number of carbonyl (C=O) groups is 1. The number of imidazole rings is 1. The summed E-state index contributed by atoms with van der Waals surface area (Å²) < 4.78 is 0.732. The van der Waals surface area contributed by atoms with E-state index in [0.717, 1.165) is 10.2 Å². The highest BCUT2D eigenvalue weighted by molar-refractivity contribution is 9.10. The van der Waals surface area contributed by atoms with Crippen molar-refractivity contribution in [2.24, 2.45) is 0 Å². The number of carbonyl (C=O) groups excluding carboxylic acids is 1. The Morgan fingerprint density at radius 2 is 2.24 bits per heavy atom. The number of amides is 1. The molecule has 21 heavy (non-hydrogen) atoms. The van der Waals surface area contributed by atoms with Crippen molar-refractivity contribution in [3.05, 3.63) is 49.2 Å². The molecule has 6 nitrogen and oxygen atoms in total. The van der Waals surface area contributed by atoms with Gasteiger partial charge in [0.25, 0.3) is 5.91 Å². The zero-order valence-corrected chi connectivity index (χ0v) is 13.4. The Balaban J connectivity index is 1.99. The maximum Gasteiger partial charge on any atom is 0.323 e. The number of hydrogen-bond acceptors (Lipinski definition) is 4. The lowest BCUT2D eigenvalue weighted by atomic mass is 10.1. The lowest BCUT2D eigenvalue weighted by Gasteiger charge is -2.16. The average Bonchev–Trinajstić information content (AvgIpc) is 3.05. The van der Waals surface area contributed by atoms with Gasteiger partial charge >= 0.3 is 5.69 Å². The van der Waals surface area contributed by atoms with Crippen molar-refractivity contribution in [3.63, 3.8) is 0 Å². The number of fused-ring (bicyclic) bond motifs is 1. The normalized spacial score (nSPS) is 11.0. The molecule has 3 aromatic rings. The summed E-state index contributed by atoms with van der Waals surface area (Å²) in [5.41, 5.74) is 3.78. The molecule has 0 bridgehead atoms. The summed E-state index contributed by atoms with van der Waals surface area (Å²) in [5.74, 6) is -0.176. The molecule has 2 N–H and O–H groups in total. The van der Waals surface area contributed by atoms with Crippen molar-refractivity contribution < 1.29 is 4.79 Å². The van der Waals surface area contributed by atoms with Crippen molar-refractivity contribution in [2.75, 3.05) is 7.05 Å². The molecular formula is C13H11BrN4O2S. The molecule has 1 aromatic carbocycles. The van der Waals surface area contributed by atoms with Crippen LogP contribution in [-0.4, -0.2) is 32.8 Å². The standard InChI is InChI=1S/C13H11BrN4O2S/c1-18(4-8-5-21-6-15-8)12(19)9-2-7(14)3-10-11(9)17-13(20)16-10/h2-3,5-6H,4H2,1H3,(H2,16,17,20). The van der Waals surface area contributed by atoms with E-state index < -0.39 is 0 Å². The fraction of sp³-hybridized carbons (Fsp3) is 0.154. The van der Waals surface area contributed by atoms with Crippen molar-refractivity contribution in [3.8, 4) is 0 Å². The van der Waals surface area contributed by atoms with E-state index in [2.05, 4.69) is 30.9 Å². The largest absolute Gasteiger partial charge is 0.336 e. The number of rotatable bonds is 3. The molecule has 0 aliphatic carbocycles. The summed E-state index contributed by atoms with van der Waals surface area (Å²) in [7, 11) is 1.71. The summed E-state index contributed by atoms with van der Waals surface area (Å²) in [6.07, 6.45) is 0. The van der Waals surface area contributed by atoms with Crippen LogP contribution in [0.3, 0.4) is 0 Å². The molecule has 0 aliphatic rings. The lowest BCUT2D eigenvalue weighted by molar-refractivity contribution is 0.0785. The molecule has 8 heteroatoms. The van der Waals surface area contributed by atoms with Gasteiger partial charge < -0.3 is 14.9 Å². The van der Waals surface area contributed by atoms with Crippen LogP contribution in [0.2, 0.25) is 0 Å². The van der Waals surface area contributed by atoms with Crippen LogP contribution in [0.15, 0.2) is 32.3 Å². The van der Waals surface area contributed by atoms with Gasteiger partial charge in [-0.15, -0.1) is 11.3 Å². The Morgan fingerprint density at radius 3 is 2.95 bits per heavy atom. The van der Waals surface area contributed by atoms with Crippen molar-refractivity contribution in [1.29, 1.82) is 0 Å². The molecular weight excluding hydrogens is 356 g/mol. The van der Waals surface area contributed by atoms with E-state index in [4.69, 9.17) is 0 Å². The summed E-state index contributed by atoms with van der Waals surface area (Å²) >= 11 is 4.84. The third-order valence-electron chi connectivity index (χ3n) is 3.05. The molecule has 0 saturated heterocycles. The Morgan fingerprint density at radius 1 is 1.43 bits per heavy atom. The van der Waals surface area contributed by atoms with Gasteiger partial charge in [-0.3, -0.25) is 4.79 Å². The number of H-pyrrole nitrogens is 2. The van der Waals surface area contributed by atoms with E-state index in [9.17, 15) is 9.59 Å². The highest BCUT2D eigenvalue weighted by Crippen LogP contribution is 2.22. The molecule has 1 amide bonds. The molecule has 3 rings (SSSR count).